The number of rotatable bonds is 9. The normalized spacial score (nSPS) is 12.5. The highest BCUT2D eigenvalue weighted by Gasteiger charge is 2.23. The van der Waals surface area contributed by atoms with Crippen LogP contribution in [0.4, 0.5) is 4.79 Å². The van der Waals surface area contributed by atoms with Crippen molar-refractivity contribution in [1.82, 2.24) is 25.4 Å². The number of nitrogens with one attached hydrogen (secondary N) is 2. The Hall–Kier alpha value is -2.55. The van der Waals surface area contributed by atoms with E-state index in [0.717, 1.165) is 18.7 Å². The van der Waals surface area contributed by atoms with Crippen LogP contribution in [0.3, 0.4) is 0 Å². The van der Waals surface area contributed by atoms with Crippen LogP contribution in [0, 0.1) is 5.92 Å². The molecule has 1 aromatic carbocycles. The van der Waals surface area contributed by atoms with Gasteiger partial charge in [0, 0.05) is 12.1 Å². The van der Waals surface area contributed by atoms with E-state index in [9.17, 15) is 9.59 Å². The van der Waals surface area contributed by atoms with Gasteiger partial charge >= 0.3 is 6.03 Å². The summed E-state index contributed by atoms with van der Waals surface area (Å²) in [7, 11) is 0. The maximum atomic E-state index is 12.5. The molecule has 1 atom stereocenters. The predicted molar refractivity (Wildman–Crippen MR) is 122 cm³/mol. The Kier molecular flexibility index (Phi) is 8.91. The first-order chi connectivity index (χ1) is 14.5. The summed E-state index contributed by atoms with van der Waals surface area (Å²) in [5, 5.41) is 13.8. The van der Waals surface area contributed by atoms with Gasteiger partial charge in [-0.15, -0.1) is 10.2 Å². The lowest BCUT2D eigenvalue weighted by molar-refractivity contribution is -0.119. The van der Waals surface area contributed by atoms with E-state index in [4.69, 9.17) is 4.74 Å². The number of nitrogens with zero attached hydrogens (tertiary/aromatic N) is 3. The van der Waals surface area contributed by atoms with E-state index in [-0.39, 0.29) is 12.5 Å². The predicted octanol–water partition coefficient (Wildman–Crippen LogP) is 4.01. The van der Waals surface area contributed by atoms with Crippen LogP contribution in [0.1, 0.15) is 53.8 Å². The zero-order chi connectivity index (χ0) is 23.0. The van der Waals surface area contributed by atoms with Crippen molar-refractivity contribution >= 4 is 23.7 Å². The van der Waals surface area contributed by atoms with Crippen LogP contribution in [0.5, 0.6) is 5.75 Å². The Labute approximate surface area is 188 Å². The van der Waals surface area contributed by atoms with E-state index >= 15 is 0 Å². The summed E-state index contributed by atoms with van der Waals surface area (Å²) in [5.74, 6) is 1.58. The summed E-state index contributed by atoms with van der Waals surface area (Å²) in [6, 6.07) is 9.02. The maximum absolute atomic E-state index is 12.5. The molecular weight excluding hydrogens is 414 g/mol. The molecule has 31 heavy (non-hydrogen) atoms. The van der Waals surface area contributed by atoms with Gasteiger partial charge in [-0.25, -0.2) is 4.79 Å². The zero-order valence-electron chi connectivity index (χ0n) is 19.1. The van der Waals surface area contributed by atoms with Gasteiger partial charge in [-0.05, 0) is 52.2 Å². The fraction of sp³-hybridized carbons (Fsp3) is 0.545. The molecule has 3 amide bonds. The summed E-state index contributed by atoms with van der Waals surface area (Å²) in [4.78, 5) is 24.5. The lowest BCUT2D eigenvalue weighted by Crippen LogP contribution is -2.49. The molecule has 0 fully saturated rings. The number of aromatic nitrogens is 3. The first-order valence-corrected chi connectivity index (χ1v) is 11.3. The standard InChI is InChI=1S/C22H33N5O3S/c1-15(2)12-13-27-18(14-30-17-10-8-7-9-11-17)25-26-21(27)31-16(3)19(28)23-20(29)24-22(4,5)6/h7-11,15-16H,12-14H2,1-6H3,(H2,23,24,28,29). The first-order valence-electron chi connectivity index (χ1n) is 10.4. The van der Waals surface area contributed by atoms with E-state index in [0.29, 0.717) is 16.9 Å². The fourth-order valence-corrected chi connectivity index (χ4v) is 3.48. The molecule has 170 valence electrons. The van der Waals surface area contributed by atoms with Crippen molar-refractivity contribution in [2.24, 2.45) is 5.92 Å². The van der Waals surface area contributed by atoms with Crippen LogP contribution in [0.15, 0.2) is 35.5 Å². The van der Waals surface area contributed by atoms with Crippen molar-refractivity contribution in [3.63, 3.8) is 0 Å². The number of thioether (sulfide) groups is 1. The third-order valence-corrected chi connectivity index (χ3v) is 5.29. The Balaban J connectivity index is 2.06. The summed E-state index contributed by atoms with van der Waals surface area (Å²) in [5.41, 5.74) is -0.425. The van der Waals surface area contributed by atoms with Gasteiger partial charge in [0.05, 0.1) is 5.25 Å². The second-order valence-electron chi connectivity index (χ2n) is 8.79. The highest BCUT2D eigenvalue weighted by molar-refractivity contribution is 8.00. The van der Waals surface area contributed by atoms with Gasteiger partial charge in [-0.2, -0.15) is 0 Å². The molecular formula is C22H33N5O3S. The van der Waals surface area contributed by atoms with Crippen molar-refractivity contribution in [1.29, 1.82) is 0 Å². The van der Waals surface area contributed by atoms with Gasteiger partial charge in [-0.1, -0.05) is 43.8 Å². The van der Waals surface area contributed by atoms with Gasteiger partial charge in [0.25, 0.3) is 0 Å². The van der Waals surface area contributed by atoms with E-state index in [1.807, 2.05) is 55.7 Å². The number of hydrogen-bond acceptors (Lipinski definition) is 6. The Morgan fingerprint density at radius 1 is 1.13 bits per heavy atom. The van der Waals surface area contributed by atoms with Crippen LogP contribution in [0.25, 0.3) is 0 Å². The Bertz CT molecular complexity index is 862. The summed E-state index contributed by atoms with van der Waals surface area (Å²) < 4.78 is 7.83. The molecule has 1 heterocycles. The SMILES string of the molecule is CC(C)CCn1c(COc2ccccc2)nnc1SC(C)C(=O)NC(=O)NC(C)(C)C. The second kappa shape index (κ2) is 11.2. The molecule has 0 radical (unpaired) electrons. The number of carbonyl (C=O) groups excluding carboxylic acids is 2. The zero-order valence-corrected chi connectivity index (χ0v) is 20.0. The molecule has 0 aliphatic heterocycles. The van der Waals surface area contributed by atoms with E-state index in [1.165, 1.54) is 11.8 Å². The average Bonchev–Trinajstić information content (AvgIpc) is 3.05. The molecule has 1 aromatic heterocycles. The van der Waals surface area contributed by atoms with Crippen molar-refractivity contribution in [2.75, 3.05) is 0 Å². The Morgan fingerprint density at radius 3 is 2.42 bits per heavy atom. The topological polar surface area (TPSA) is 98.1 Å². The lowest BCUT2D eigenvalue weighted by Gasteiger charge is -2.21. The summed E-state index contributed by atoms with van der Waals surface area (Å²) >= 11 is 1.27. The summed E-state index contributed by atoms with van der Waals surface area (Å²) in [6.45, 7) is 12.6. The first kappa shape index (κ1) is 24.7. The number of ether oxygens (including phenoxy) is 1. The lowest BCUT2D eigenvalue weighted by atomic mass is 10.1. The molecule has 0 aliphatic rings. The molecule has 2 aromatic rings. The third-order valence-electron chi connectivity index (χ3n) is 4.21. The van der Waals surface area contributed by atoms with Crippen LogP contribution in [-0.4, -0.2) is 37.5 Å². The number of imide groups is 1. The van der Waals surface area contributed by atoms with Crippen LogP contribution in [0.2, 0.25) is 0 Å². The smallest absolute Gasteiger partial charge is 0.321 e. The van der Waals surface area contributed by atoms with Gasteiger partial charge in [-0.3, -0.25) is 10.1 Å². The van der Waals surface area contributed by atoms with Gasteiger partial charge < -0.3 is 14.6 Å². The molecule has 0 saturated carbocycles. The van der Waals surface area contributed by atoms with E-state index < -0.39 is 16.8 Å². The van der Waals surface area contributed by atoms with Crippen molar-refractivity contribution in [2.45, 2.75) is 77.1 Å². The molecule has 1 unspecified atom stereocenters. The quantitative estimate of drug-likeness (QED) is 0.564. The average molecular weight is 448 g/mol. The molecule has 0 bridgehead atoms. The largest absolute Gasteiger partial charge is 0.486 e. The third kappa shape index (κ3) is 8.61. The monoisotopic (exact) mass is 447 g/mol. The van der Waals surface area contributed by atoms with E-state index in [1.54, 1.807) is 6.92 Å². The number of urea groups is 1. The molecule has 9 heteroatoms. The van der Waals surface area contributed by atoms with Gasteiger partial charge in [0.15, 0.2) is 11.0 Å². The van der Waals surface area contributed by atoms with Gasteiger partial charge in [0.1, 0.15) is 12.4 Å². The second-order valence-corrected chi connectivity index (χ2v) is 10.1. The minimum absolute atomic E-state index is 0.282. The molecule has 0 saturated heterocycles. The maximum Gasteiger partial charge on any atom is 0.321 e. The van der Waals surface area contributed by atoms with Crippen molar-refractivity contribution < 1.29 is 14.3 Å². The van der Waals surface area contributed by atoms with Crippen molar-refractivity contribution in [3.8, 4) is 5.75 Å². The van der Waals surface area contributed by atoms with Crippen molar-refractivity contribution in [3.05, 3.63) is 36.2 Å². The molecule has 2 rings (SSSR count). The number of para-hydroxylation sites is 1. The highest BCUT2D eigenvalue weighted by atomic mass is 32.2. The minimum Gasteiger partial charge on any atom is -0.486 e. The number of carbonyl (C=O) groups is 2. The van der Waals surface area contributed by atoms with Crippen LogP contribution in [-0.2, 0) is 17.9 Å². The Morgan fingerprint density at radius 2 is 1.81 bits per heavy atom. The highest BCUT2D eigenvalue weighted by Crippen LogP contribution is 2.24. The van der Waals surface area contributed by atoms with E-state index in [2.05, 4.69) is 34.7 Å². The summed E-state index contributed by atoms with van der Waals surface area (Å²) in [6.07, 6.45) is 0.943. The van der Waals surface area contributed by atoms with Gasteiger partial charge in [0.2, 0.25) is 5.91 Å². The number of benzene rings is 1. The minimum atomic E-state index is -0.518. The number of hydrogen-bond donors (Lipinski definition) is 2. The van der Waals surface area contributed by atoms with Crippen LogP contribution >= 0.6 is 11.8 Å². The van der Waals surface area contributed by atoms with Crippen LogP contribution < -0.4 is 15.4 Å². The molecule has 0 aliphatic carbocycles. The number of amides is 3. The molecule has 2 N–H and O–H groups in total. The molecule has 0 spiro atoms. The molecule has 8 nitrogen and oxygen atoms in total. The fourth-order valence-electron chi connectivity index (χ4n) is 2.59.